The first-order valence-electron chi connectivity index (χ1n) is 18.3. The summed E-state index contributed by atoms with van der Waals surface area (Å²) in [6.45, 7) is 0. The largest absolute Gasteiger partial charge is 0.309 e. The maximum absolute atomic E-state index is 11.1. The van der Waals surface area contributed by atoms with Crippen LogP contribution in [0.1, 0.15) is 11.1 Å². The van der Waals surface area contributed by atoms with Gasteiger partial charge in [0, 0.05) is 43.6 Å². The van der Waals surface area contributed by atoms with Crippen molar-refractivity contribution in [3.63, 3.8) is 0 Å². The van der Waals surface area contributed by atoms with Gasteiger partial charge in [0.05, 0.1) is 61.7 Å². The second kappa shape index (κ2) is 11.8. The van der Waals surface area contributed by atoms with Gasteiger partial charge in [0.2, 0.25) is 0 Å². The highest BCUT2D eigenvalue weighted by atomic mass is 15.1. The Morgan fingerprint density at radius 1 is 0.382 bits per heavy atom. The van der Waals surface area contributed by atoms with Gasteiger partial charge in [-0.15, -0.1) is 0 Å². The zero-order chi connectivity index (χ0) is 36.6. The van der Waals surface area contributed by atoms with Crippen molar-refractivity contribution in [1.82, 2.24) is 13.7 Å². The molecule has 0 saturated carbocycles. The number of hydrogen-bond donors (Lipinski definition) is 0. The minimum absolute atomic E-state index is 0.591. The summed E-state index contributed by atoms with van der Waals surface area (Å²) in [6.07, 6.45) is 0. The Morgan fingerprint density at radius 3 is 1.60 bits per heavy atom. The van der Waals surface area contributed by atoms with Gasteiger partial charge in [-0.1, -0.05) is 115 Å². The molecule has 0 amide bonds. The fourth-order valence-corrected chi connectivity index (χ4v) is 8.90. The van der Waals surface area contributed by atoms with Crippen molar-refractivity contribution in [2.24, 2.45) is 0 Å². The van der Waals surface area contributed by atoms with E-state index >= 15 is 0 Å². The number of nitrogens with zero attached hydrogens (tertiary/aromatic N) is 5. The van der Waals surface area contributed by atoms with E-state index in [1.807, 2.05) is 36.4 Å². The molecule has 0 atom stereocenters. The van der Waals surface area contributed by atoms with Gasteiger partial charge in [0.1, 0.15) is 6.07 Å². The zero-order valence-corrected chi connectivity index (χ0v) is 29.5. The molecule has 0 aliphatic rings. The quantitative estimate of drug-likeness (QED) is 0.184. The Hall–Kier alpha value is -7.86. The molecule has 0 aliphatic carbocycles. The van der Waals surface area contributed by atoms with Gasteiger partial charge < -0.3 is 13.7 Å². The van der Waals surface area contributed by atoms with E-state index in [1.165, 1.54) is 10.8 Å². The van der Waals surface area contributed by atoms with Crippen molar-refractivity contribution in [3.05, 3.63) is 187 Å². The number of rotatable bonds is 4. The third-order valence-corrected chi connectivity index (χ3v) is 11.1. The highest BCUT2D eigenvalue weighted by molar-refractivity contribution is 6.15. The second-order valence-corrected chi connectivity index (χ2v) is 13.9. The van der Waals surface area contributed by atoms with Crippen LogP contribution < -0.4 is 0 Å². The summed E-state index contributed by atoms with van der Waals surface area (Å²) in [4.78, 5) is 0. The molecule has 0 bridgehead atoms. The Bertz CT molecular complexity index is 3420. The van der Waals surface area contributed by atoms with Crippen molar-refractivity contribution in [2.75, 3.05) is 0 Å². The van der Waals surface area contributed by atoms with E-state index in [1.54, 1.807) is 0 Å². The maximum Gasteiger partial charge on any atom is 0.102 e. The van der Waals surface area contributed by atoms with Crippen molar-refractivity contribution in [1.29, 1.82) is 10.5 Å². The SMILES string of the molecule is N#Cc1c(-c2cccc(-n3c4ccccc4c4c(C#N)cccc43)c2)cccc1-n1c2ccccc2c2cccc(-n3c4ccccc4c4ccccc43)c21. The lowest BCUT2D eigenvalue weighted by Crippen LogP contribution is -2.03. The van der Waals surface area contributed by atoms with Crippen LogP contribution in [0.3, 0.4) is 0 Å². The van der Waals surface area contributed by atoms with Gasteiger partial charge in [-0.05, 0) is 66.2 Å². The van der Waals surface area contributed by atoms with Crippen LogP contribution in [-0.2, 0) is 0 Å². The molecule has 0 N–H and O–H groups in total. The first-order valence-corrected chi connectivity index (χ1v) is 18.3. The third-order valence-electron chi connectivity index (χ3n) is 11.1. The minimum Gasteiger partial charge on any atom is -0.309 e. The summed E-state index contributed by atoms with van der Waals surface area (Å²) in [6, 6.07) is 65.9. The Balaban J connectivity index is 1.18. The monoisotopic (exact) mass is 699 g/mol. The maximum atomic E-state index is 11.1. The summed E-state index contributed by atoms with van der Waals surface area (Å²) < 4.78 is 6.87. The lowest BCUT2D eigenvalue weighted by atomic mass is 9.98. The average Bonchev–Trinajstić information content (AvgIpc) is 3.89. The molecular weight excluding hydrogens is 671 g/mol. The van der Waals surface area contributed by atoms with Crippen molar-refractivity contribution < 1.29 is 0 Å². The minimum atomic E-state index is 0.591. The van der Waals surface area contributed by atoms with Gasteiger partial charge in [-0.2, -0.15) is 10.5 Å². The molecule has 0 radical (unpaired) electrons. The van der Waals surface area contributed by atoms with E-state index in [-0.39, 0.29) is 0 Å². The molecule has 5 heteroatoms. The van der Waals surface area contributed by atoms with Crippen molar-refractivity contribution in [3.8, 4) is 40.3 Å². The Kier molecular flexibility index (Phi) is 6.61. The molecule has 3 aromatic heterocycles. The summed E-state index contributed by atoms with van der Waals surface area (Å²) in [5, 5.41) is 27.8. The lowest BCUT2D eigenvalue weighted by Gasteiger charge is -2.17. The molecule has 0 fully saturated rings. The molecular formula is C50H29N5. The van der Waals surface area contributed by atoms with E-state index in [9.17, 15) is 10.5 Å². The number of nitriles is 2. The van der Waals surface area contributed by atoms with Gasteiger partial charge in [-0.3, -0.25) is 0 Å². The van der Waals surface area contributed by atoms with Crippen LogP contribution >= 0.6 is 0 Å². The Labute approximate surface area is 316 Å². The molecule has 55 heavy (non-hydrogen) atoms. The van der Waals surface area contributed by atoms with Gasteiger partial charge >= 0.3 is 0 Å². The molecule has 3 heterocycles. The van der Waals surface area contributed by atoms with Crippen LogP contribution in [0.25, 0.3) is 93.6 Å². The molecule has 11 aromatic rings. The fraction of sp³-hybridized carbons (Fsp3) is 0. The number of hydrogen-bond acceptors (Lipinski definition) is 2. The van der Waals surface area contributed by atoms with E-state index in [0.29, 0.717) is 11.1 Å². The van der Waals surface area contributed by atoms with Crippen LogP contribution in [0.15, 0.2) is 176 Å². The van der Waals surface area contributed by atoms with Crippen molar-refractivity contribution in [2.45, 2.75) is 0 Å². The third kappa shape index (κ3) is 4.33. The number of fused-ring (bicyclic) bond motifs is 9. The summed E-state index contributed by atoms with van der Waals surface area (Å²) in [7, 11) is 0. The van der Waals surface area contributed by atoms with Crippen LogP contribution in [0.4, 0.5) is 0 Å². The lowest BCUT2D eigenvalue weighted by molar-refractivity contribution is 1.12. The topological polar surface area (TPSA) is 62.4 Å². The zero-order valence-electron chi connectivity index (χ0n) is 29.5. The van der Waals surface area contributed by atoms with Crippen LogP contribution in [0.2, 0.25) is 0 Å². The highest BCUT2D eigenvalue weighted by Crippen LogP contribution is 2.42. The Morgan fingerprint density at radius 2 is 0.909 bits per heavy atom. The average molecular weight is 700 g/mol. The predicted octanol–water partition coefficient (Wildman–Crippen LogP) is 12.4. The van der Waals surface area contributed by atoms with Crippen LogP contribution in [-0.4, -0.2) is 13.7 Å². The molecule has 0 unspecified atom stereocenters. The number of aromatic nitrogens is 3. The van der Waals surface area contributed by atoms with Crippen molar-refractivity contribution >= 4 is 65.4 Å². The molecule has 254 valence electrons. The standard InChI is InChI=1S/C50H29N5/c51-30-33-14-10-27-47-49(33)40-19-4-8-25-45(40)53(47)34-15-9-13-32(29-34)35-20-11-26-46(41(35)31-52)55-44-24-7-3-18-38(44)39-21-12-28-48(50(39)55)54-42-22-5-1-16-36(42)37-17-2-6-23-43(37)54/h1-29H. The summed E-state index contributed by atoms with van der Waals surface area (Å²) in [5.41, 5.74) is 12.2. The highest BCUT2D eigenvalue weighted by Gasteiger charge is 2.23. The van der Waals surface area contributed by atoms with Gasteiger partial charge in [-0.25, -0.2) is 0 Å². The number of benzene rings is 8. The van der Waals surface area contributed by atoms with E-state index in [2.05, 4.69) is 165 Å². The van der Waals surface area contributed by atoms with Gasteiger partial charge in [0.25, 0.3) is 0 Å². The van der Waals surface area contributed by atoms with Gasteiger partial charge in [0.15, 0.2) is 0 Å². The molecule has 0 aliphatic heterocycles. The molecule has 0 spiro atoms. The first kappa shape index (κ1) is 30.7. The molecule has 5 nitrogen and oxygen atoms in total. The smallest absolute Gasteiger partial charge is 0.102 e. The van der Waals surface area contributed by atoms with E-state index < -0.39 is 0 Å². The summed E-state index contributed by atoms with van der Waals surface area (Å²) >= 11 is 0. The molecule has 11 rings (SSSR count). The predicted molar refractivity (Wildman–Crippen MR) is 224 cm³/mol. The first-order chi connectivity index (χ1) is 27.2. The van der Waals surface area contributed by atoms with Crippen LogP contribution in [0, 0.1) is 22.7 Å². The normalized spacial score (nSPS) is 11.6. The molecule has 8 aromatic carbocycles. The number of para-hydroxylation sites is 5. The fourth-order valence-electron chi connectivity index (χ4n) is 8.90. The summed E-state index contributed by atoms with van der Waals surface area (Å²) in [5.74, 6) is 0. The molecule has 0 saturated heterocycles. The van der Waals surface area contributed by atoms with Crippen LogP contribution in [0.5, 0.6) is 0 Å². The van der Waals surface area contributed by atoms with E-state index in [0.717, 1.165) is 82.8 Å². The second-order valence-electron chi connectivity index (χ2n) is 13.9. The van der Waals surface area contributed by atoms with E-state index in [4.69, 9.17) is 0 Å².